The van der Waals surface area contributed by atoms with Gasteiger partial charge in [0, 0.05) is 18.7 Å². The Balaban J connectivity index is 0.00000364. The van der Waals surface area contributed by atoms with Crippen LogP contribution in [0.15, 0.2) is 47.5 Å². The molecule has 0 aliphatic carbocycles. The molecule has 8 nitrogen and oxygen atoms in total. The number of methoxy groups -OCH3 is 2. The van der Waals surface area contributed by atoms with Crippen molar-refractivity contribution in [3.05, 3.63) is 63.7 Å². The van der Waals surface area contributed by atoms with Gasteiger partial charge in [-0.1, -0.05) is 18.2 Å². The highest BCUT2D eigenvalue weighted by Crippen LogP contribution is 2.27. The zero-order valence-electron chi connectivity index (χ0n) is 15.2. The number of hydrogen-bond acceptors (Lipinski definition) is 5. The van der Waals surface area contributed by atoms with E-state index in [-0.39, 0.29) is 42.2 Å². The highest BCUT2D eigenvalue weighted by Gasteiger charge is 2.06. The minimum absolute atomic E-state index is 0. The number of nitro groups is 1. The molecule has 0 amide bonds. The van der Waals surface area contributed by atoms with E-state index >= 15 is 0 Å². The molecule has 0 saturated heterocycles. The molecule has 3 N–H and O–H groups in total. The van der Waals surface area contributed by atoms with Crippen LogP contribution >= 0.6 is 24.0 Å². The topological polar surface area (TPSA) is 112 Å². The third-order valence-electron chi connectivity index (χ3n) is 3.72. The molecule has 0 aliphatic rings. The van der Waals surface area contributed by atoms with Gasteiger partial charge >= 0.3 is 0 Å². The van der Waals surface area contributed by atoms with Crippen molar-refractivity contribution in [2.75, 3.05) is 20.8 Å². The average Bonchev–Trinajstić information content (AvgIpc) is 2.66. The zero-order valence-corrected chi connectivity index (χ0v) is 17.5. The standard InChI is InChI=1S/C18H22N4O4.HI/c1-25-16-7-6-13(11-17(16)26-2)8-9-20-18(19)21-12-14-4-3-5-15(10-14)22(23)24;/h3-7,10-11H,8-9,12H2,1-2H3,(H3,19,20,21);1H. The normalized spacial score (nSPS) is 10.7. The number of benzene rings is 2. The van der Waals surface area contributed by atoms with Crippen LogP contribution in [-0.4, -0.2) is 31.6 Å². The lowest BCUT2D eigenvalue weighted by atomic mass is 10.1. The van der Waals surface area contributed by atoms with Gasteiger partial charge in [-0.15, -0.1) is 24.0 Å². The van der Waals surface area contributed by atoms with Gasteiger partial charge < -0.3 is 20.5 Å². The minimum Gasteiger partial charge on any atom is -0.493 e. The maximum absolute atomic E-state index is 10.8. The number of guanidine groups is 1. The molecular weight excluding hydrogens is 463 g/mol. The lowest BCUT2D eigenvalue weighted by Gasteiger charge is -2.10. The van der Waals surface area contributed by atoms with Crippen LogP contribution in [0.1, 0.15) is 11.1 Å². The number of hydrogen-bond donors (Lipinski definition) is 2. The highest BCUT2D eigenvalue weighted by atomic mass is 127. The van der Waals surface area contributed by atoms with Crippen LogP contribution in [-0.2, 0) is 13.0 Å². The van der Waals surface area contributed by atoms with E-state index in [0.717, 1.165) is 17.5 Å². The van der Waals surface area contributed by atoms with E-state index in [0.29, 0.717) is 18.0 Å². The van der Waals surface area contributed by atoms with Gasteiger partial charge in [-0.05, 0) is 29.7 Å². The van der Waals surface area contributed by atoms with Crippen molar-refractivity contribution in [3.63, 3.8) is 0 Å². The summed E-state index contributed by atoms with van der Waals surface area (Å²) in [7, 11) is 3.19. The largest absolute Gasteiger partial charge is 0.493 e. The molecule has 0 heterocycles. The van der Waals surface area contributed by atoms with Gasteiger partial charge in [0.1, 0.15) is 0 Å². The van der Waals surface area contributed by atoms with Gasteiger partial charge in [-0.3, -0.25) is 10.1 Å². The fraction of sp³-hybridized carbons (Fsp3) is 0.278. The predicted molar refractivity (Wildman–Crippen MR) is 115 cm³/mol. The molecule has 27 heavy (non-hydrogen) atoms. The number of halogens is 1. The summed E-state index contributed by atoms with van der Waals surface area (Å²) in [5.41, 5.74) is 7.68. The second kappa shape index (κ2) is 11.2. The Hall–Kier alpha value is -2.56. The fourth-order valence-electron chi connectivity index (χ4n) is 2.37. The van der Waals surface area contributed by atoms with E-state index in [2.05, 4.69) is 10.3 Å². The van der Waals surface area contributed by atoms with Crippen molar-refractivity contribution in [2.45, 2.75) is 13.0 Å². The molecule has 0 saturated carbocycles. The number of nitrogens with two attached hydrogens (primary N) is 1. The summed E-state index contributed by atoms with van der Waals surface area (Å²) in [4.78, 5) is 14.5. The van der Waals surface area contributed by atoms with Crippen molar-refractivity contribution < 1.29 is 14.4 Å². The van der Waals surface area contributed by atoms with Crippen molar-refractivity contribution in [1.29, 1.82) is 0 Å². The fourth-order valence-corrected chi connectivity index (χ4v) is 2.37. The molecule has 2 aromatic rings. The summed E-state index contributed by atoms with van der Waals surface area (Å²) in [5.74, 6) is 1.65. The molecule has 0 radical (unpaired) electrons. The molecule has 0 aliphatic heterocycles. The Morgan fingerprint density at radius 2 is 1.89 bits per heavy atom. The maximum Gasteiger partial charge on any atom is 0.269 e. The number of rotatable bonds is 8. The van der Waals surface area contributed by atoms with Crippen LogP contribution in [0.2, 0.25) is 0 Å². The summed E-state index contributed by atoms with van der Waals surface area (Å²) < 4.78 is 10.5. The second-order valence-electron chi connectivity index (χ2n) is 5.49. The summed E-state index contributed by atoms with van der Waals surface area (Å²) in [5, 5.41) is 13.8. The van der Waals surface area contributed by atoms with E-state index in [1.54, 1.807) is 26.4 Å². The van der Waals surface area contributed by atoms with E-state index in [9.17, 15) is 10.1 Å². The molecule has 0 fully saturated rings. The number of nitro benzene ring substituents is 1. The summed E-state index contributed by atoms with van der Waals surface area (Å²) in [6, 6.07) is 12.1. The van der Waals surface area contributed by atoms with Crippen LogP contribution < -0.4 is 20.5 Å². The first kappa shape index (κ1) is 22.5. The van der Waals surface area contributed by atoms with Gasteiger partial charge in [0.2, 0.25) is 0 Å². The van der Waals surface area contributed by atoms with Gasteiger partial charge in [0.05, 0.1) is 25.7 Å². The Bertz CT molecular complexity index is 799. The van der Waals surface area contributed by atoms with Gasteiger partial charge in [-0.2, -0.15) is 0 Å². The highest BCUT2D eigenvalue weighted by molar-refractivity contribution is 14.0. The monoisotopic (exact) mass is 486 g/mol. The van der Waals surface area contributed by atoms with Crippen molar-refractivity contribution in [3.8, 4) is 11.5 Å². The number of ether oxygens (including phenoxy) is 2. The molecule has 146 valence electrons. The lowest BCUT2D eigenvalue weighted by molar-refractivity contribution is -0.384. The van der Waals surface area contributed by atoms with Crippen LogP contribution in [0.4, 0.5) is 5.69 Å². The molecule has 0 unspecified atom stereocenters. The molecule has 0 spiro atoms. The van der Waals surface area contributed by atoms with Crippen LogP contribution in [0, 0.1) is 10.1 Å². The van der Waals surface area contributed by atoms with E-state index in [4.69, 9.17) is 15.2 Å². The third-order valence-corrected chi connectivity index (χ3v) is 3.72. The lowest BCUT2D eigenvalue weighted by Crippen LogP contribution is -2.33. The summed E-state index contributed by atoms with van der Waals surface area (Å²) in [6.07, 6.45) is 0.730. The van der Waals surface area contributed by atoms with Crippen LogP contribution in [0.25, 0.3) is 0 Å². The molecule has 2 aromatic carbocycles. The molecule has 0 bridgehead atoms. The van der Waals surface area contributed by atoms with Crippen LogP contribution in [0.3, 0.4) is 0 Å². The maximum atomic E-state index is 10.8. The first-order valence-electron chi connectivity index (χ1n) is 8.01. The Labute approximate surface area is 174 Å². The Morgan fingerprint density at radius 1 is 1.15 bits per heavy atom. The molecule has 0 aromatic heterocycles. The minimum atomic E-state index is -0.433. The molecule has 0 atom stereocenters. The van der Waals surface area contributed by atoms with Crippen LogP contribution in [0.5, 0.6) is 11.5 Å². The third kappa shape index (κ3) is 6.93. The number of non-ortho nitro benzene ring substituents is 1. The molecule has 9 heteroatoms. The van der Waals surface area contributed by atoms with E-state index < -0.39 is 4.92 Å². The van der Waals surface area contributed by atoms with Crippen molar-refractivity contribution in [2.24, 2.45) is 10.7 Å². The second-order valence-corrected chi connectivity index (χ2v) is 5.49. The smallest absolute Gasteiger partial charge is 0.269 e. The first-order valence-corrected chi connectivity index (χ1v) is 8.01. The molecule has 2 rings (SSSR count). The summed E-state index contributed by atoms with van der Waals surface area (Å²) >= 11 is 0. The first-order chi connectivity index (χ1) is 12.5. The van der Waals surface area contributed by atoms with E-state index in [1.165, 1.54) is 12.1 Å². The van der Waals surface area contributed by atoms with Gasteiger partial charge in [0.25, 0.3) is 5.69 Å². The zero-order chi connectivity index (χ0) is 18.9. The van der Waals surface area contributed by atoms with Gasteiger partial charge in [0.15, 0.2) is 17.5 Å². The SMILES string of the molecule is COc1ccc(CCNC(N)=NCc2cccc([N+](=O)[O-])c2)cc1OC.I. The Kier molecular flexibility index (Phi) is 9.34. The van der Waals surface area contributed by atoms with Crippen molar-refractivity contribution in [1.82, 2.24) is 5.32 Å². The quantitative estimate of drug-likeness (QED) is 0.195. The van der Waals surface area contributed by atoms with Gasteiger partial charge in [-0.25, -0.2) is 4.99 Å². The number of nitrogens with zero attached hydrogens (tertiary/aromatic N) is 2. The van der Waals surface area contributed by atoms with E-state index in [1.807, 2.05) is 18.2 Å². The molecular formula is C18H23IN4O4. The van der Waals surface area contributed by atoms with Crippen molar-refractivity contribution >= 4 is 35.6 Å². The summed E-state index contributed by atoms with van der Waals surface area (Å²) in [6.45, 7) is 0.872. The number of aliphatic imine (C=N–C) groups is 1. The Morgan fingerprint density at radius 3 is 2.56 bits per heavy atom. The number of nitrogens with one attached hydrogen (secondary N) is 1. The predicted octanol–water partition coefficient (Wildman–Crippen LogP) is 2.88. The average molecular weight is 486 g/mol.